The quantitative estimate of drug-likeness (QED) is 0.253. The summed E-state index contributed by atoms with van der Waals surface area (Å²) in [5, 5.41) is 18.6. The van der Waals surface area contributed by atoms with Gasteiger partial charge in [0.25, 0.3) is 0 Å². The number of carbonyl (C=O) groups is 4. The summed E-state index contributed by atoms with van der Waals surface area (Å²) in [4.78, 5) is 48.4. The van der Waals surface area contributed by atoms with E-state index in [2.05, 4.69) is 0 Å². The minimum Gasteiger partial charge on any atom is -0.508 e. The summed E-state index contributed by atoms with van der Waals surface area (Å²) in [6, 6.07) is 11.2. The molecule has 0 saturated carbocycles. The molecule has 0 fully saturated rings. The van der Waals surface area contributed by atoms with Crippen molar-refractivity contribution >= 4 is 23.9 Å². The van der Waals surface area contributed by atoms with Gasteiger partial charge in [0.05, 0.1) is 11.8 Å². The predicted octanol–water partition coefficient (Wildman–Crippen LogP) is 3.30. The minimum absolute atomic E-state index is 0.0281. The van der Waals surface area contributed by atoms with Crippen molar-refractivity contribution in [2.75, 3.05) is 13.2 Å². The van der Waals surface area contributed by atoms with Crippen LogP contribution in [0.1, 0.15) is 26.7 Å². The third-order valence-corrected chi connectivity index (χ3v) is 4.97. The fourth-order valence-corrected chi connectivity index (χ4v) is 2.73. The SMILES string of the molecule is CCC(COC(=O)/C=C/C(=O)OCC(CC)C(=O)Oc1ccc(O)cc1)C(=O)Oc1ccc(O)cc1. The van der Waals surface area contributed by atoms with Gasteiger partial charge in [-0.3, -0.25) is 9.59 Å². The molecule has 0 aliphatic carbocycles. The zero-order valence-corrected chi connectivity index (χ0v) is 19.9. The van der Waals surface area contributed by atoms with E-state index >= 15 is 0 Å². The van der Waals surface area contributed by atoms with Crippen LogP contribution >= 0.6 is 0 Å². The Morgan fingerprint density at radius 2 is 1.00 bits per heavy atom. The molecule has 10 nitrogen and oxygen atoms in total. The fraction of sp³-hybridized carbons (Fsp3) is 0.308. The van der Waals surface area contributed by atoms with Gasteiger partial charge in [-0.15, -0.1) is 0 Å². The van der Waals surface area contributed by atoms with Gasteiger partial charge in [0.2, 0.25) is 0 Å². The van der Waals surface area contributed by atoms with E-state index in [4.69, 9.17) is 18.9 Å². The largest absolute Gasteiger partial charge is 0.508 e. The minimum atomic E-state index is -0.860. The maximum absolute atomic E-state index is 12.3. The number of ether oxygens (including phenoxy) is 4. The third-order valence-electron chi connectivity index (χ3n) is 4.97. The van der Waals surface area contributed by atoms with Gasteiger partial charge in [-0.05, 0) is 61.4 Å². The second-order valence-electron chi connectivity index (χ2n) is 7.63. The summed E-state index contributed by atoms with van der Waals surface area (Å²) in [5.74, 6) is -3.86. The first-order chi connectivity index (χ1) is 17.2. The van der Waals surface area contributed by atoms with Crippen molar-refractivity contribution in [3.05, 3.63) is 60.7 Å². The Labute approximate surface area is 208 Å². The summed E-state index contributed by atoms with van der Waals surface area (Å²) >= 11 is 0. The van der Waals surface area contributed by atoms with Gasteiger partial charge >= 0.3 is 23.9 Å². The molecule has 2 aromatic carbocycles. The monoisotopic (exact) mass is 500 g/mol. The zero-order chi connectivity index (χ0) is 26.5. The van der Waals surface area contributed by atoms with E-state index < -0.39 is 35.7 Å². The van der Waals surface area contributed by atoms with E-state index in [9.17, 15) is 29.4 Å². The number of phenols is 2. The molecule has 2 atom stereocenters. The molecule has 0 heterocycles. The third kappa shape index (κ3) is 9.49. The van der Waals surface area contributed by atoms with E-state index in [0.29, 0.717) is 12.8 Å². The Balaban J connectivity index is 1.76. The first-order valence-corrected chi connectivity index (χ1v) is 11.2. The summed E-state index contributed by atoms with van der Waals surface area (Å²) in [7, 11) is 0. The van der Waals surface area contributed by atoms with Crippen molar-refractivity contribution in [1.82, 2.24) is 0 Å². The van der Waals surface area contributed by atoms with E-state index in [-0.39, 0.29) is 36.2 Å². The lowest BCUT2D eigenvalue weighted by molar-refractivity contribution is -0.149. The number of hydrogen-bond acceptors (Lipinski definition) is 10. The van der Waals surface area contributed by atoms with Crippen molar-refractivity contribution in [2.24, 2.45) is 11.8 Å². The van der Waals surface area contributed by atoms with Crippen LogP contribution in [0.4, 0.5) is 0 Å². The zero-order valence-electron chi connectivity index (χ0n) is 19.9. The summed E-state index contributed by atoms with van der Waals surface area (Å²) in [5.41, 5.74) is 0. The lowest BCUT2D eigenvalue weighted by atomic mass is 10.1. The molecule has 0 saturated heterocycles. The van der Waals surface area contributed by atoms with Gasteiger partial charge in [-0.1, -0.05) is 13.8 Å². The van der Waals surface area contributed by atoms with Crippen LogP contribution in [0.25, 0.3) is 0 Å². The Morgan fingerprint density at radius 3 is 1.31 bits per heavy atom. The number of aromatic hydroxyl groups is 2. The van der Waals surface area contributed by atoms with Crippen molar-refractivity contribution in [2.45, 2.75) is 26.7 Å². The van der Waals surface area contributed by atoms with Crippen molar-refractivity contribution in [1.29, 1.82) is 0 Å². The number of esters is 4. The molecule has 0 aliphatic rings. The van der Waals surface area contributed by atoms with Crippen LogP contribution in [0.15, 0.2) is 60.7 Å². The topological polar surface area (TPSA) is 146 Å². The molecule has 36 heavy (non-hydrogen) atoms. The van der Waals surface area contributed by atoms with Gasteiger partial charge in [0.15, 0.2) is 0 Å². The predicted molar refractivity (Wildman–Crippen MR) is 126 cm³/mol. The highest BCUT2D eigenvalue weighted by Gasteiger charge is 2.22. The number of phenolic OH excluding ortho intramolecular Hbond substituents is 2. The van der Waals surface area contributed by atoms with Gasteiger partial charge < -0.3 is 29.2 Å². The molecule has 0 aliphatic heterocycles. The van der Waals surface area contributed by atoms with Gasteiger partial charge in [-0.2, -0.15) is 0 Å². The highest BCUT2D eigenvalue weighted by atomic mass is 16.6. The molecular weight excluding hydrogens is 472 g/mol. The Bertz CT molecular complexity index is 972. The van der Waals surface area contributed by atoms with E-state index in [1.807, 2.05) is 0 Å². The molecule has 0 amide bonds. The van der Waals surface area contributed by atoms with Crippen LogP contribution in [-0.4, -0.2) is 47.3 Å². The lowest BCUT2D eigenvalue weighted by Gasteiger charge is -2.14. The second kappa shape index (κ2) is 14.1. The summed E-state index contributed by atoms with van der Waals surface area (Å²) in [6.45, 7) is 2.93. The molecule has 192 valence electrons. The van der Waals surface area contributed by atoms with Crippen LogP contribution in [0.3, 0.4) is 0 Å². The van der Waals surface area contributed by atoms with Crippen LogP contribution < -0.4 is 9.47 Å². The molecule has 2 rings (SSSR count). The number of benzene rings is 2. The molecule has 2 unspecified atom stereocenters. The lowest BCUT2D eigenvalue weighted by Crippen LogP contribution is -2.26. The molecule has 0 spiro atoms. The van der Waals surface area contributed by atoms with Crippen LogP contribution in [-0.2, 0) is 28.7 Å². The van der Waals surface area contributed by atoms with Crippen molar-refractivity contribution in [3.8, 4) is 23.0 Å². The fourth-order valence-electron chi connectivity index (χ4n) is 2.73. The van der Waals surface area contributed by atoms with E-state index in [1.165, 1.54) is 48.5 Å². The Kier molecular flexibility index (Phi) is 11.0. The van der Waals surface area contributed by atoms with Crippen molar-refractivity contribution < 1.29 is 48.3 Å². The summed E-state index contributed by atoms with van der Waals surface area (Å²) in [6.07, 6.45) is 2.40. The average molecular weight is 501 g/mol. The normalized spacial score (nSPS) is 12.4. The average Bonchev–Trinajstić information content (AvgIpc) is 2.86. The van der Waals surface area contributed by atoms with Crippen LogP contribution in [0, 0.1) is 11.8 Å². The Morgan fingerprint density at radius 1 is 0.667 bits per heavy atom. The van der Waals surface area contributed by atoms with Gasteiger partial charge in [0.1, 0.15) is 36.2 Å². The molecule has 0 radical (unpaired) electrons. The smallest absolute Gasteiger partial charge is 0.331 e. The van der Waals surface area contributed by atoms with Gasteiger partial charge in [0, 0.05) is 12.2 Å². The standard InChI is InChI=1S/C26H28O10/c1-3-17(25(31)35-21-9-5-19(27)6-10-21)15-33-23(29)13-14-24(30)34-16-18(4-2)26(32)36-22-11-7-20(28)8-12-22/h5-14,17-18,27-28H,3-4,15-16H2,1-2H3/b14-13+. The number of hydrogen-bond donors (Lipinski definition) is 2. The molecular formula is C26H28O10. The maximum atomic E-state index is 12.3. The van der Waals surface area contributed by atoms with Crippen LogP contribution in [0.5, 0.6) is 23.0 Å². The molecule has 10 heteroatoms. The molecule has 0 aromatic heterocycles. The van der Waals surface area contributed by atoms with Gasteiger partial charge in [-0.25, -0.2) is 9.59 Å². The number of rotatable bonds is 12. The van der Waals surface area contributed by atoms with Crippen LogP contribution in [0.2, 0.25) is 0 Å². The first kappa shape index (κ1) is 27.9. The van der Waals surface area contributed by atoms with Crippen molar-refractivity contribution in [3.63, 3.8) is 0 Å². The number of carbonyl (C=O) groups excluding carboxylic acids is 4. The second-order valence-corrected chi connectivity index (χ2v) is 7.63. The molecule has 0 bridgehead atoms. The van der Waals surface area contributed by atoms with E-state index in [1.54, 1.807) is 13.8 Å². The maximum Gasteiger partial charge on any atom is 0.331 e. The summed E-state index contributed by atoms with van der Waals surface area (Å²) < 4.78 is 20.4. The van der Waals surface area contributed by atoms with E-state index in [0.717, 1.165) is 12.2 Å². The highest BCUT2D eigenvalue weighted by molar-refractivity contribution is 5.92. The Hall–Kier alpha value is -4.34. The molecule has 2 N–H and O–H groups in total. The molecule has 2 aromatic rings. The first-order valence-electron chi connectivity index (χ1n) is 11.2. The highest BCUT2D eigenvalue weighted by Crippen LogP contribution is 2.19.